The van der Waals surface area contributed by atoms with Crippen molar-refractivity contribution in [2.24, 2.45) is 0 Å². The van der Waals surface area contributed by atoms with Crippen molar-refractivity contribution in [1.82, 2.24) is 5.32 Å². The maximum absolute atomic E-state index is 11.0. The lowest BCUT2D eigenvalue weighted by molar-refractivity contribution is -0.140. The second-order valence-corrected chi connectivity index (χ2v) is 3.77. The lowest BCUT2D eigenvalue weighted by atomic mass is 10.1. The lowest BCUT2D eigenvalue weighted by Gasteiger charge is -2.24. The van der Waals surface area contributed by atoms with Crippen LogP contribution >= 0.6 is 0 Å². The summed E-state index contributed by atoms with van der Waals surface area (Å²) in [6.07, 6.45) is 0. The van der Waals surface area contributed by atoms with Crippen molar-refractivity contribution in [2.45, 2.75) is 33.2 Å². The van der Waals surface area contributed by atoms with Gasteiger partial charge in [-0.15, -0.1) is 0 Å². The Kier molecular flexibility index (Phi) is 4.70. The second-order valence-electron chi connectivity index (χ2n) is 3.77. The summed E-state index contributed by atoms with van der Waals surface area (Å²) in [6, 6.07) is 0. The molecule has 0 fully saturated rings. The Bertz CT molecular complexity index is 197. The van der Waals surface area contributed by atoms with Crippen LogP contribution in [-0.2, 0) is 9.53 Å². The third-order valence-corrected chi connectivity index (χ3v) is 1.57. The minimum atomic E-state index is -0.328. The molecule has 0 aliphatic rings. The molecule has 0 heterocycles. The predicted octanol–water partition coefficient (Wildman–Crippen LogP) is 1.49. The van der Waals surface area contributed by atoms with Crippen LogP contribution in [0.15, 0.2) is 12.2 Å². The molecular formula is C10H19NO2. The Morgan fingerprint density at radius 3 is 2.46 bits per heavy atom. The van der Waals surface area contributed by atoms with E-state index in [0.29, 0.717) is 12.2 Å². The Labute approximate surface area is 80.2 Å². The van der Waals surface area contributed by atoms with Crippen LogP contribution in [-0.4, -0.2) is 24.7 Å². The molecule has 0 aromatic rings. The molecule has 0 unspecified atom stereocenters. The SMILES string of the molecule is C=C(C)C(=O)OCC(C)(C)NCC. The van der Waals surface area contributed by atoms with Gasteiger partial charge in [-0.2, -0.15) is 0 Å². The zero-order valence-electron chi connectivity index (χ0n) is 8.94. The zero-order chi connectivity index (χ0) is 10.5. The smallest absolute Gasteiger partial charge is 0.333 e. The number of hydrogen-bond donors (Lipinski definition) is 1. The largest absolute Gasteiger partial charge is 0.460 e. The monoisotopic (exact) mass is 185 g/mol. The first-order chi connectivity index (χ1) is 5.89. The Morgan fingerprint density at radius 1 is 1.54 bits per heavy atom. The van der Waals surface area contributed by atoms with Gasteiger partial charge in [0.1, 0.15) is 6.61 Å². The average molecular weight is 185 g/mol. The van der Waals surface area contributed by atoms with E-state index in [4.69, 9.17) is 4.74 Å². The standard InChI is InChI=1S/C10H19NO2/c1-6-11-10(4,5)7-13-9(12)8(2)3/h11H,2,6-7H2,1,3-5H3. The van der Waals surface area contributed by atoms with Crippen molar-refractivity contribution < 1.29 is 9.53 Å². The number of hydrogen-bond acceptors (Lipinski definition) is 3. The summed E-state index contributed by atoms with van der Waals surface area (Å²) in [7, 11) is 0. The molecule has 3 heteroatoms. The van der Waals surface area contributed by atoms with Crippen molar-refractivity contribution in [3.05, 3.63) is 12.2 Å². The molecule has 0 spiro atoms. The van der Waals surface area contributed by atoms with Crippen LogP contribution in [0.5, 0.6) is 0 Å². The molecule has 0 saturated heterocycles. The molecule has 0 aliphatic heterocycles. The summed E-state index contributed by atoms with van der Waals surface area (Å²) in [5.74, 6) is -0.328. The van der Waals surface area contributed by atoms with Gasteiger partial charge in [-0.1, -0.05) is 13.5 Å². The van der Waals surface area contributed by atoms with Gasteiger partial charge in [-0.3, -0.25) is 0 Å². The molecule has 0 aromatic carbocycles. The van der Waals surface area contributed by atoms with Gasteiger partial charge >= 0.3 is 5.97 Å². The van der Waals surface area contributed by atoms with Crippen molar-refractivity contribution in [3.63, 3.8) is 0 Å². The number of esters is 1. The van der Waals surface area contributed by atoms with Gasteiger partial charge < -0.3 is 10.1 Å². The van der Waals surface area contributed by atoms with E-state index in [-0.39, 0.29) is 11.5 Å². The van der Waals surface area contributed by atoms with Crippen LogP contribution in [0.2, 0.25) is 0 Å². The first-order valence-electron chi connectivity index (χ1n) is 4.46. The molecule has 0 amide bonds. The van der Waals surface area contributed by atoms with E-state index >= 15 is 0 Å². The minimum Gasteiger partial charge on any atom is -0.460 e. The summed E-state index contributed by atoms with van der Waals surface area (Å²) in [6.45, 7) is 12.4. The van der Waals surface area contributed by atoms with E-state index in [2.05, 4.69) is 11.9 Å². The fraction of sp³-hybridized carbons (Fsp3) is 0.700. The highest BCUT2D eigenvalue weighted by atomic mass is 16.5. The van der Waals surface area contributed by atoms with Crippen molar-refractivity contribution in [3.8, 4) is 0 Å². The summed E-state index contributed by atoms with van der Waals surface area (Å²) >= 11 is 0. The first kappa shape index (κ1) is 12.2. The Balaban J connectivity index is 3.87. The van der Waals surface area contributed by atoms with E-state index < -0.39 is 0 Å². The maximum atomic E-state index is 11.0. The van der Waals surface area contributed by atoms with Crippen LogP contribution in [0, 0.1) is 0 Å². The minimum absolute atomic E-state index is 0.167. The Hall–Kier alpha value is -0.830. The van der Waals surface area contributed by atoms with E-state index in [9.17, 15) is 4.79 Å². The molecule has 0 atom stereocenters. The lowest BCUT2D eigenvalue weighted by Crippen LogP contribution is -2.43. The third-order valence-electron chi connectivity index (χ3n) is 1.57. The quantitative estimate of drug-likeness (QED) is 0.521. The normalized spacial score (nSPS) is 11.1. The van der Waals surface area contributed by atoms with Crippen molar-refractivity contribution in [1.29, 1.82) is 0 Å². The molecule has 0 rings (SSSR count). The fourth-order valence-corrected chi connectivity index (χ4v) is 0.899. The topological polar surface area (TPSA) is 38.3 Å². The molecule has 1 N–H and O–H groups in total. The van der Waals surface area contributed by atoms with Gasteiger partial charge in [0.15, 0.2) is 0 Å². The summed E-state index contributed by atoms with van der Waals surface area (Å²) in [5, 5.41) is 3.21. The molecule has 0 aromatic heterocycles. The number of rotatable bonds is 5. The number of carbonyl (C=O) groups is 1. The fourth-order valence-electron chi connectivity index (χ4n) is 0.899. The molecule has 3 nitrogen and oxygen atoms in total. The molecule has 13 heavy (non-hydrogen) atoms. The number of ether oxygens (including phenoxy) is 1. The highest BCUT2D eigenvalue weighted by Crippen LogP contribution is 2.04. The maximum Gasteiger partial charge on any atom is 0.333 e. The van der Waals surface area contributed by atoms with E-state index in [1.807, 2.05) is 20.8 Å². The third kappa shape index (κ3) is 5.42. The number of nitrogens with one attached hydrogen (secondary N) is 1. The van der Waals surface area contributed by atoms with Crippen LogP contribution in [0.1, 0.15) is 27.7 Å². The summed E-state index contributed by atoms with van der Waals surface area (Å²) in [5.41, 5.74) is 0.271. The van der Waals surface area contributed by atoms with Gasteiger partial charge in [0.05, 0.1) is 0 Å². The zero-order valence-corrected chi connectivity index (χ0v) is 8.94. The highest BCUT2D eigenvalue weighted by molar-refractivity contribution is 5.86. The molecular weight excluding hydrogens is 166 g/mol. The summed E-state index contributed by atoms with van der Waals surface area (Å²) in [4.78, 5) is 11.0. The second kappa shape index (κ2) is 5.02. The van der Waals surface area contributed by atoms with Crippen molar-refractivity contribution >= 4 is 5.97 Å². The molecule has 0 aliphatic carbocycles. The number of carbonyl (C=O) groups excluding carboxylic acids is 1. The van der Waals surface area contributed by atoms with E-state index in [1.54, 1.807) is 6.92 Å². The molecule has 76 valence electrons. The van der Waals surface area contributed by atoms with Crippen LogP contribution in [0.4, 0.5) is 0 Å². The van der Waals surface area contributed by atoms with Crippen LogP contribution in [0.25, 0.3) is 0 Å². The van der Waals surface area contributed by atoms with E-state index in [1.165, 1.54) is 0 Å². The molecule has 0 radical (unpaired) electrons. The predicted molar refractivity (Wildman–Crippen MR) is 53.5 cm³/mol. The summed E-state index contributed by atoms with van der Waals surface area (Å²) < 4.78 is 5.02. The van der Waals surface area contributed by atoms with E-state index in [0.717, 1.165) is 6.54 Å². The van der Waals surface area contributed by atoms with Gasteiger partial charge in [-0.25, -0.2) is 4.79 Å². The van der Waals surface area contributed by atoms with Crippen LogP contribution < -0.4 is 5.32 Å². The van der Waals surface area contributed by atoms with Gasteiger partial charge in [0.25, 0.3) is 0 Å². The van der Waals surface area contributed by atoms with Crippen LogP contribution in [0.3, 0.4) is 0 Å². The van der Waals surface area contributed by atoms with Gasteiger partial charge in [0.2, 0.25) is 0 Å². The number of likely N-dealkylation sites (N-methyl/N-ethyl adjacent to an activating group) is 1. The van der Waals surface area contributed by atoms with Gasteiger partial charge in [0, 0.05) is 11.1 Å². The molecule has 0 saturated carbocycles. The first-order valence-corrected chi connectivity index (χ1v) is 4.46. The van der Waals surface area contributed by atoms with Gasteiger partial charge in [-0.05, 0) is 27.3 Å². The Morgan fingerprint density at radius 2 is 2.08 bits per heavy atom. The average Bonchev–Trinajstić information content (AvgIpc) is 2.00. The van der Waals surface area contributed by atoms with Crippen molar-refractivity contribution in [2.75, 3.05) is 13.2 Å². The highest BCUT2D eigenvalue weighted by Gasteiger charge is 2.18. The molecule has 0 bridgehead atoms.